The summed E-state index contributed by atoms with van der Waals surface area (Å²) < 4.78 is 13.6. The van der Waals surface area contributed by atoms with Gasteiger partial charge in [0.25, 0.3) is 0 Å². The first-order valence-corrected chi connectivity index (χ1v) is 6.20. The van der Waals surface area contributed by atoms with E-state index in [2.05, 4.69) is 10.3 Å². The number of aliphatic imine (C=N–C) groups is 1. The fourth-order valence-electron chi connectivity index (χ4n) is 2.83. The van der Waals surface area contributed by atoms with Gasteiger partial charge in [0.15, 0.2) is 17.3 Å². The van der Waals surface area contributed by atoms with Gasteiger partial charge >= 0.3 is 0 Å². The maximum atomic E-state index is 13.6. The zero-order chi connectivity index (χ0) is 12.7. The smallest absolute Gasteiger partial charge is 0.194 e. The van der Waals surface area contributed by atoms with Gasteiger partial charge in [0.2, 0.25) is 0 Å². The van der Waals surface area contributed by atoms with Gasteiger partial charge in [-0.25, -0.2) is 4.39 Å². The van der Waals surface area contributed by atoms with Crippen molar-refractivity contribution in [2.24, 2.45) is 4.99 Å². The van der Waals surface area contributed by atoms with Crippen molar-refractivity contribution in [2.75, 3.05) is 13.1 Å². The maximum Gasteiger partial charge on any atom is 0.194 e. The van der Waals surface area contributed by atoms with E-state index in [1.165, 1.54) is 6.07 Å². The molecule has 1 aromatic rings. The van der Waals surface area contributed by atoms with Crippen LogP contribution in [0.5, 0.6) is 11.5 Å². The summed E-state index contributed by atoms with van der Waals surface area (Å²) in [7, 11) is 0. The van der Waals surface area contributed by atoms with Crippen LogP contribution < -0.4 is 5.32 Å². The molecule has 18 heavy (non-hydrogen) atoms. The van der Waals surface area contributed by atoms with E-state index in [4.69, 9.17) is 0 Å². The molecule has 1 aliphatic heterocycles. The van der Waals surface area contributed by atoms with Crippen LogP contribution in [-0.2, 0) is 6.42 Å². The first kappa shape index (κ1) is 11.3. The Hall–Kier alpha value is -1.78. The standard InChI is InChI=1S/C13H15FN2O2/c14-10-6-9-7(11(17)12(10)18)2-1-3-8(9)13-15-4-5-16-13/h6,8,17-18H,1-5H2,(H,15,16). The van der Waals surface area contributed by atoms with Gasteiger partial charge in [-0.2, -0.15) is 0 Å². The second-order valence-electron chi connectivity index (χ2n) is 4.76. The molecule has 0 saturated carbocycles. The molecule has 1 aromatic carbocycles. The van der Waals surface area contributed by atoms with Gasteiger partial charge in [-0.05, 0) is 30.9 Å². The summed E-state index contributed by atoms with van der Waals surface area (Å²) in [5, 5.41) is 22.5. The molecule has 1 unspecified atom stereocenters. The van der Waals surface area contributed by atoms with Crippen molar-refractivity contribution in [3.8, 4) is 11.5 Å². The Kier molecular flexibility index (Phi) is 2.61. The van der Waals surface area contributed by atoms with E-state index in [-0.39, 0.29) is 11.7 Å². The lowest BCUT2D eigenvalue weighted by atomic mass is 9.81. The molecule has 96 valence electrons. The molecule has 1 aliphatic carbocycles. The van der Waals surface area contributed by atoms with E-state index in [1.54, 1.807) is 0 Å². The summed E-state index contributed by atoms with van der Waals surface area (Å²) in [6, 6.07) is 1.33. The largest absolute Gasteiger partial charge is 0.504 e. The van der Waals surface area contributed by atoms with Crippen LogP contribution in [-0.4, -0.2) is 29.1 Å². The van der Waals surface area contributed by atoms with Crippen LogP contribution in [0.2, 0.25) is 0 Å². The number of phenolic OH excluding ortho intramolecular Hbond substituents is 2. The lowest BCUT2D eigenvalue weighted by Gasteiger charge is -2.26. The number of aromatic hydroxyl groups is 2. The number of halogens is 1. The molecule has 0 spiro atoms. The van der Waals surface area contributed by atoms with Crippen LogP contribution in [0.4, 0.5) is 4.39 Å². The van der Waals surface area contributed by atoms with Crippen LogP contribution in [0.15, 0.2) is 11.1 Å². The minimum Gasteiger partial charge on any atom is -0.504 e. The summed E-state index contributed by atoms with van der Waals surface area (Å²) in [5.74, 6) is -0.835. The summed E-state index contributed by atoms with van der Waals surface area (Å²) >= 11 is 0. The minimum absolute atomic E-state index is 0.0113. The normalized spacial score (nSPS) is 22.3. The topological polar surface area (TPSA) is 64.8 Å². The fourth-order valence-corrected chi connectivity index (χ4v) is 2.83. The third kappa shape index (κ3) is 1.62. The molecule has 1 atom stereocenters. The van der Waals surface area contributed by atoms with E-state index < -0.39 is 11.6 Å². The predicted octanol–water partition coefficient (Wildman–Crippen LogP) is 1.66. The molecule has 3 rings (SSSR count). The number of benzene rings is 1. The Bertz CT molecular complexity index is 528. The van der Waals surface area contributed by atoms with Gasteiger partial charge in [-0.15, -0.1) is 0 Å². The fraction of sp³-hybridized carbons (Fsp3) is 0.462. The average Bonchev–Trinajstić information content (AvgIpc) is 2.89. The molecule has 1 heterocycles. The number of rotatable bonds is 1. The second kappa shape index (κ2) is 4.15. The average molecular weight is 250 g/mol. The Morgan fingerprint density at radius 1 is 1.33 bits per heavy atom. The number of hydrogen-bond donors (Lipinski definition) is 3. The van der Waals surface area contributed by atoms with Gasteiger partial charge in [0.1, 0.15) is 5.84 Å². The van der Waals surface area contributed by atoms with E-state index in [1.807, 2.05) is 0 Å². The number of nitrogens with one attached hydrogen (secondary N) is 1. The van der Waals surface area contributed by atoms with E-state index in [9.17, 15) is 14.6 Å². The highest BCUT2D eigenvalue weighted by atomic mass is 19.1. The van der Waals surface area contributed by atoms with Crippen molar-refractivity contribution in [3.63, 3.8) is 0 Å². The molecular weight excluding hydrogens is 235 g/mol. The van der Waals surface area contributed by atoms with E-state index in [0.29, 0.717) is 12.0 Å². The Morgan fingerprint density at radius 2 is 2.17 bits per heavy atom. The first-order valence-electron chi connectivity index (χ1n) is 6.20. The van der Waals surface area contributed by atoms with Crippen LogP contribution in [0.25, 0.3) is 0 Å². The SMILES string of the molecule is Oc1c(F)cc2c(c1O)CCCC2C1=NCCN1. The lowest BCUT2D eigenvalue weighted by Crippen LogP contribution is -2.28. The van der Waals surface area contributed by atoms with E-state index >= 15 is 0 Å². The van der Waals surface area contributed by atoms with Crippen LogP contribution in [0.1, 0.15) is 29.9 Å². The Labute approximate surface area is 104 Å². The quantitative estimate of drug-likeness (QED) is 0.664. The number of fused-ring (bicyclic) bond motifs is 1. The first-order chi connectivity index (χ1) is 8.68. The molecule has 0 fully saturated rings. The zero-order valence-electron chi connectivity index (χ0n) is 9.91. The monoisotopic (exact) mass is 250 g/mol. The Morgan fingerprint density at radius 3 is 2.89 bits per heavy atom. The van der Waals surface area contributed by atoms with Crippen molar-refractivity contribution in [2.45, 2.75) is 25.2 Å². The van der Waals surface area contributed by atoms with Gasteiger partial charge in [0, 0.05) is 18.0 Å². The molecule has 4 nitrogen and oxygen atoms in total. The molecule has 5 heteroatoms. The Balaban J connectivity index is 2.10. The molecule has 0 radical (unpaired) electrons. The molecular formula is C13H15FN2O2. The van der Waals surface area contributed by atoms with Crippen molar-refractivity contribution in [1.82, 2.24) is 5.32 Å². The zero-order valence-corrected chi connectivity index (χ0v) is 9.91. The number of amidine groups is 1. The summed E-state index contributed by atoms with van der Waals surface area (Å²) in [5.41, 5.74) is 1.41. The number of hydrogen-bond acceptors (Lipinski definition) is 4. The summed E-state index contributed by atoms with van der Waals surface area (Å²) in [4.78, 5) is 4.38. The highest BCUT2D eigenvalue weighted by molar-refractivity contribution is 5.91. The molecule has 0 amide bonds. The van der Waals surface area contributed by atoms with Crippen molar-refractivity contribution in [3.05, 3.63) is 23.0 Å². The van der Waals surface area contributed by atoms with Crippen LogP contribution >= 0.6 is 0 Å². The number of nitrogens with zero attached hydrogens (tertiary/aromatic N) is 1. The summed E-state index contributed by atoms with van der Waals surface area (Å²) in [6.45, 7) is 1.56. The highest BCUT2D eigenvalue weighted by Crippen LogP contribution is 2.42. The molecule has 0 saturated heterocycles. The van der Waals surface area contributed by atoms with Crippen LogP contribution in [0, 0.1) is 5.82 Å². The van der Waals surface area contributed by atoms with Crippen LogP contribution in [0.3, 0.4) is 0 Å². The van der Waals surface area contributed by atoms with Gasteiger partial charge in [-0.3, -0.25) is 4.99 Å². The molecule has 0 aromatic heterocycles. The second-order valence-corrected chi connectivity index (χ2v) is 4.76. The maximum absolute atomic E-state index is 13.6. The predicted molar refractivity (Wildman–Crippen MR) is 65.7 cm³/mol. The van der Waals surface area contributed by atoms with Crippen molar-refractivity contribution >= 4 is 5.84 Å². The third-order valence-electron chi connectivity index (χ3n) is 3.69. The molecule has 0 bridgehead atoms. The van der Waals surface area contributed by atoms with E-state index in [0.717, 1.165) is 37.3 Å². The van der Waals surface area contributed by atoms with Gasteiger partial charge in [0.05, 0.1) is 6.54 Å². The van der Waals surface area contributed by atoms with Crippen molar-refractivity contribution < 1.29 is 14.6 Å². The third-order valence-corrected chi connectivity index (χ3v) is 3.69. The number of phenols is 2. The lowest BCUT2D eigenvalue weighted by molar-refractivity contribution is 0.371. The van der Waals surface area contributed by atoms with Gasteiger partial charge < -0.3 is 15.5 Å². The van der Waals surface area contributed by atoms with Gasteiger partial charge in [-0.1, -0.05) is 0 Å². The molecule has 3 N–H and O–H groups in total. The minimum atomic E-state index is -0.767. The molecule has 2 aliphatic rings. The summed E-state index contributed by atoms with van der Waals surface area (Å²) in [6.07, 6.45) is 2.46. The highest BCUT2D eigenvalue weighted by Gasteiger charge is 2.30. The van der Waals surface area contributed by atoms with Crippen molar-refractivity contribution in [1.29, 1.82) is 0 Å².